The first-order chi connectivity index (χ1) is 11.3. The highest BCUT2D eigenvalue weighted by atomic mass is 19.4. The molecule has 1 amide bonds. The van der Waals surface area contributed by atoms with Crippen molar-refractivity contribution in [1.82, 2.24) is 9.80 Å². The number of aliphatic hydroxyl groups excluding tert-OH is 1. The van der Waals surface area contributed by atoms with E-state index in [1.807, 2.05) is 0 Å². The lowest BCUT2D eigenvalue weighted by Gasteiger charge is -2.35. The zero-order chi connectivity index (χ0) is 17.7. The molecule has 0 aliphatic carbocycles. The standard InChI is InChI=1S/C17H23F3N2O2/c1-13(11-14-3-2-4-15(12-14)17(18,19)20)16(24)22-7-5-21(6-8-22)9-10-23/h2-4,12-13,23H,5-11H2,1H3. The molecule has 7 heteroatoms. The summed E-state index contributed by atoms with van der Waals surface area (Å²) in [5.41, 5.74) is -0.165. The van der Waals surface area contributed by atoms with Crippen LogP contribution in [0.25, 0.3) is 0 Å². The molecule has 1 fully saturated rings. The highest BCUT2D eigenvalue weighted by Crippen LogP contribution is 2.30. The van der Waals surface area contributed by atoms with Gasteiger partial charge in [0.2, 0.25) is 5.91 Å². The van der Waals surface area contributed by atoms with Gasteiger partial charge >= 0.3 is 6.18 Å². The first-order valence-corrected chi connectivity index (χ1v) is 8.09. The van der Waals surface area contributed by atoms with Crippen LogP contribution in [0.2, 0.25) is 0 Å². The van der Waals surface area contributed by atoms with Crippen LogP contribution in [-0.4, -0.2) is 60.1 Å². The molecule has 1 aromatic carbocycles. The van der Waals surface area contributed by atoms with Crippen LogP contribution in [-0.2, 0) is 17.4 Å². The number of rotatable bonds is 5. The minimum atomic E-state index is -4.37. The number of aliphatic hydroxyl groups is 1. The van der Waals surface area contributed by atoms with Crippen molar-refractivity contribution in [3.8, 4) is 0 Å². The van der Waals surface area contributed by atoms with Gasteiger partial charge in [-0.05, 0) is 18.1 Å². The summed E-state index contributed by atoms with van der Waals surface area (Å²) in [5.74, 6) is -0.395. The van der Waals surface area contributed by atoms with E-state index in [1.54, 1.807) is 17.9 Å². The Kier molecular flexibility index (Phi) is 6.23. The monoisotopic (exact) mass is 344 g/mol. The van der Waals surface area contributed by atoms with Gasteiger partial charge in [-0.3, -0.25) is 9.69 Å². The van der Waals surface area contributed by atoms with E-state index in [0.717, 1.165) is 12.1 Å². The van der Waals surface area contributed by atoms with E-state index < -0.39 is 11.7 Å². The van der Waals surface area contributed by atoms with E-state index >= 15 is 0 Å². The maximum atomic E-state index is 12.8. The van der Waals surface area contributed by atoms with Gasteiger partial charge in [-0.15, -0.1) is 0 Å². The Bertz CT molecular complexity index is 555. The number of piperazine rings is 1. The second-order valence-corrected chi connectivity index (χ2v) is 6.19. The number of alkyl halides is 3. The first kappa shape index (κ1) is 18.7. The number of carbonyl (C=O) groups excluding carboxylic acids is 1. The second-order valence-electron chi connectivity index (χ2n) is 6.19. The van der Waals surface area contributed by atoms with Gasteiger partial charge in [-0.25, -0.2) is 0 Å². The third-order valence-corrected chi connectivity index (χ3v) is 4.32. The van der Waals surface area contributed by atoms with E-state index in [4.69, 9.17) is 5.11 Å². The number of amides is 1. The summed E-state index contributed by atoms with van der Waals surface area (Å²) >= 11 is 0. The van der Waals surface area contributed by atoms with Crippen LogP contribution in [0.3, 0.4) is 0 Å². The number of benzene rings is 1. The van der Waals surface area contributed by atoms with Crippen LogP contribution >= 0.6 is 0 Å². The van der Waals surface area contributed by atoms with E-state index in [2.05, 4.69) is 4.90 Å². The van der Waals surface area contributed by atoms with Crippen LogP contribution in [0.4, 0.5) is 13.2 Å². The molecule has 1 aromatic rings. The molecule has 4 nitrogen and oxygen atoms in total. The van der Waals surface area contributed by atoms with Crippen LogP contribution in [0, 0.1) is 5.92 Å². The zero-order valence-electron chi connectivity index (χ0n) is 13.7. The number of hydrogen-bond acceptors (Lipinski definition) is 3. The summed E-state index contributed by atoms with van der Waals surface area (Å²) < 4.78 is 38.3. The zero-order valence-corrected chi connectivity index (χ0v) is 13.7. The SMILES string of the molecule is CC(Cc1cccc(C(F)(F)F)c1)C(=O)N1CCN(CCO)CC1. The van der Waals surface area contributed by atoms with Crippen LogP contribution in [0.15, 0.2) is 24.3 Å². The van der Waals surface area contributed by atoms with Crippen LogP contribution in [0.5, 0.6) is 0 Å². The number of hydrogen-bond donors (Lipinski definition) is 1. The highest BCUT2D eigenvalue weighted by molar-refractivity contribution is 5.79. The molecule has 1 unspecified atom stereocenters. The molecule has 0 spiro atoms. The van der Waals surface area contributed by atoms with E-state index in [0.29, 0.717) is 44.7 Å². The van der Waals surface area contributed by atoms with Crippen molar-refractivity contribution in [2.24, 2.45) is 5.92 Å². The summed E-state index contributed by atoms with van der Waals surface area (Å²) in [6.07, 6.45) is -4.08. The molecular weight excluding hydrogens is 321 g/mol. The van der Waals surface area contributed by atoms with Gasteiger partial charge in [-0.1, -0.05) is 25.1 Å². The Hall–Kier alpha value is -1.60. The first-order valence-electron chi connectivity index (χ1n) is 8.09. The molecule has 1 aliphatic heterocycles. The van der Waals surface area contributed by atoms with Crippen molar-refractivity contribution in [3.63, 3.8) is 0 Å². The van der Waals surface area contributed by atoms with Crippen LogP contribution in [0.1, 0.15) is 18.1 Å². The predicted molar refractivity (Wildman–Crippen MR) is 84.4 cm³/mol. The highest BCUT2D eigenvalue weighted by Gasteiger charge is 2.31. The Balaban J connectivity index is 1.93. The summed E-state index contributed by atoms with van der Waals surface area (Å²) in [7, 11) is 0. The summed E-state index contributed by atoms with van der Waals surface area (Å²) in [5, 5.41) is 8.92. The van der Waals surface area contributed by atoms with Crippen molar-refractivity contribution in [2.45, 2.75) is 19.5 Å². The number of halogens is 3. The lowest BCUT2D eigenvalue weighted by molar-refractivity contribution is -0.137. The molecule has 134 valence electrons. The number of carbonyl (C=O) groups is 1. The van der Waals surface area contributed by atoms with Crippen molar-refractivity contribution in [2.75, 3.05) is 39.3 Å². The fourth-order valence-electron chi connectivity index (χ4n) is 2.96. The fourth-order valence-corrected chi connectivity index (χ4v) is 2.96. The summed E-state index contributed by atoms with van der Waals surface area (Å²) in [6.45, 7) is 5.05. The minimum Gasteiger partial charge on any atom is -0.395 e. The Morgan fingerprint density at radius 3 is 2.50 bits per heavy atom. The lowest BCUT2D eigenvalue weighted by atomic mass is 9.98. The number of β-amino-alcohol motifs (C(OH)–C–C–N with tert-alkyl or cyclic N) is 1. The molecule has 0 radical (unpaired) electrons. The quantitative estimate of drug-likeness (QED) is 0.889. The molecule has 1 N–H and O–H groups in total. The fraction of sp³-hybridized carbons (Fsp3) is 0.588. The van der Waals surface area contributed by atoms with Gasteiger partial charge in [0, 0.05) is 38.6 Å². The average Bonchev–Trinajstić information content (AvgIpc) is 2.54. The summed E-state index contributed by atoms with van der Waals surface area (Å²) in [4.78, 5) is 16.3. The largest absolute Gasteiger partial charge is 0.416 e. The van der Waals surface area contributed by atoms with Crippen molar-refractivity contribution in [3.05, 3.63) is 35.4 Å². The maximum Gasteiger partial charge on any atom is 0.416 e. The van der Waals surface area contributed by atoms with Gasteiger partial charge in [0.15, 0.2) is 0 Å². The molecule has 1 heterocycles. The summed E-state index contributed by atoms with van der Waals surface area (Å²) in [6, 6.07) is 5.15. The van der Waals surface area contributed by atoms with E-state index in [1.165, 1.54) is 6.07 Å². The Morgan fingerprint density at radius 1 is 1.25 bits per heavy atom. The second kappa shape index (κ2) is 7.98. The average molecular weight is 344 g/mol. The smallest absolute Gasteiger partial charge is 0.395 e. The molecule has 24 heavy (non-hydrogen) atoms. The molecule has 0 bridgehead atoms. The van der Waals surface area contributed by atoms with Crippen molar-refractivity contribution < 1.29 is 23.1 Å². The van der Waals surface area contributed by atoms with E-state index in [9.17, 15) is 18.0 Å². The van der Waals surface area contributed by atoms with Gasteiger partial charge in [-0.2, -0.15) is 13.2 Å². The Morgan fingerprint density at radius 2 is 1.92 bits per heavy atom. The van der Waals surface area contributed by atoms with Gasteiger partial charge in [0.05, 0.1) is 12.2 Å². The van der Waals surface area contributed by atoms with E-state index in [-0.39, 0.29) is 18.4 Å². The number of nitrogens with zero attached hydrogens (tertiary/aromatic N) is 2. The van der Waals surface area contributed by atoms with Crippen LogP contribution < -0.4 is 0 Å². The third kappa shape index (κ3) is 4.95. The van der Waals surface area contributed by atoms with Gasteiger partial charge in [0.1, 0.15) is 0 Å². The lowest BCUT2D eigenvalue weighted by Crippen LogP contribution is -2.50. The Labute approximate surface area is 139 Å². The van der Waals surface area contributed by atoms with Crippen molar-refractivity contribution in [1.29, 1.82) is 0 Å². The molecular formula is C17H23F3N2O2. The minimum absolute atomic E-state index is 0.0314. The van der Waals surface area contributed by atoms with Gasteiger partial charge in [0.25, 0.3) is 0 Å². The normalized spacial score (nSPS) is 17.8. The topological polar surface area (TPSA) is 43.8 Å². The molecule has 0 saturated carbocycles. The molecule has 1 atom stereocenters. The predicted octanol–water partition coefficient (Wildman–Crippen LogP) is 2.02. The molecule has 1 aliphatic rings. The molecule has 2 rings (SSSR count). The van der Waals surface area contributed by atoms with Crippen molar-refractivity contribution >= 4 is 5.91 Å². The molecule has 0 aromatic heterocycles. The third-order valence-electron chi connectivity index (χ3n) is 4.32. The maximum absolute atomic E-state index is 12.8. The van der Waals surface area contributed by atoms with Gasteiger partial charge < -0.3 is 10.0 Å². The molecule has 1 saturated heterocycles.